The number of hydrogen-bond donors (Lipinski definition) is 0. The number of hydrogen-bond acceptors (Lipinski definition) is 1. The van der Waals surface area contributed by atoms with E-state index in [0.29, 0.717) is 0 Å². The fraction of sp³-hybridized carbons (Fsp3) is 0.583. The SMILES string of the molecule is CCc1cc(C(C)(C)C)cc(C)n1. The minimum absolute atomic E-state index is 0.234. The smallest absolute Gasteiger partial charge is 0.0407 e. The Balaban J connectivity index is 3.16. The molecule has 1 rings (SSSR count). The summed E-state index contributed by atoms with van der Waals surface area (Å²) in [6.45, 7) is 10.9. The Hall–Kier alpha value is -0.850. The van der Waals surface area contributed by atoms with Crippen LogP contribution in [0.4, 0.5) is 0 Å². The summed E-state index contributed by atoms with van der Waals surface area (Å²) >= 11 is 0. The second-order valence-electron chi connectivity index (χ2n) is 4.59. The highest BCUT2D eigenvalue weighted by atomic mass is 14.7. The number of rotatable bonds is 1. The molecular formula is C12H19N. The molecular weight excluding hydrogens is 158 g/mol. The molecule has 0 aliphatic heterocycles. The molecule has 0 atom stereocenters. The summed E-state index contributed by atoms with van der Waals surface area (Å²) in [5.74, 6) is 0. The third-order valence-electron chi connectivity index (χ3n) is 2.23. The zero-order valence-corrected chi connectivity index (χ0v) is 9.31. The number of pyridine rings is 1. The molecule has 0 aromatic carbocycles. The van der Waals surface area contributed by atoms with Gasteiger partial charge in [0, 0.05) is 11.4 Å². The Morgan fingerprint density at radius 1 is 1.23 bits per heavy atom. The Labute approximate surface area is 81.2 Å². The quantitative estimate of drug-likeness (QED) is 0.641. The van der Waals surface area contributed by atoms with Crippen LogP contribution in [0, 0.1) is 6.92 Å². The van der Waals surface area contributed by atoms with Crippen LogP contribution in [0.2, 0.25) is 0 Å². The lowest BCUT2D eigenvalue weighted by atomic mass is 9.86. The first-order chi connectivity index (χ1) is 5.93. The molecule has 0 spiro atoms. The Morgan fingerprint density at radius 2 is 1.85 bits per heavy atom. The predicted molar refractivity (Wildman–Crippen MR) is 57.1 cm³/mol. The van der Waals surface area contributed by atoms with Gasteiger partial charge >= 0.3 is 0 Å². The maximum Gasteiger partial charge on any atom is 0.0407 e. The summed E-state index contributed by atoms with van der Waals surface area (Å²) in [7, 11) is 0. The summed E-state index contributed by atoms with van der Waals surface area (Å²) < 4.78 is 0. The van der Waals surface area contributed by atoms with Crippen molar-refractivity contribution in [2.75, 3.05) is 0 Å². The van der Waals surface area contributed by atoms with Crippen molar-refractivity contribution in [3.05, 3.63) is 29.1 Å². The minimum Gasteiger partial charge on any atom is -0.258 e. The standard InChI is InChI=1S/C12H19N/c1-6-11-8-10(12(3,4)5)7-9(2)13-11/h7-8H,6H2,1-5H3. The third-order valence-corrected chi connectivity index (χ3v) is 2.23. The number of aromatic nitrogens is 1. The van der Waals surface area contributed by atoms with Crippen molar-refractivity contribution in [2.45, 2.75) is 46.5 Å². The van der Waals surface area contributed by atoms with Crippen LogP contribution in [-0.4, -0.2) is 4.98 Å². The van der Waals surface area contributed by atoms with E-state index in [9.17, 15) is 0 Å². The second-order valence-corrected chi connectivity index (χ2v) is 4.59. The maximum absolute atomic E-state index is 4.47. The fourth-order valence-electron chi connectivity index (χ4n) is 1.35. The van der Waals surface area contributed by atoms with Gasteiger partial charge in [-0.1, -0.05) is 27.7 Å². The molecule has 1 aromatic heterocycles. The molecule has 1 heterocycles. The van der Waals surface area contributed by atoms with Crippen LogP contribution in [0.1, 0.15) is 44.6 Å². The van der Waals surface area contributed by atoms with Crippen LogP contribution >= 0.6 is 0 Å². The van der Waals surface area contributed by atoms with Crippen molar-refractivity contribution >= 4 is 0 Å². The van der Waals surface area contributed by atoms with E-state index >= 15 is 0 Å². The van der Waals surface area contributed by atoms with E-state index in [4.69, 9.17) is 0 Å². The molecule has 72 valence electrons. The monoisotopic (exact) mass is 177 g/mol. The summed E-state index contributed by atoms with van der Waals surface area (Å²) in [5.41, 5.74) is 3.95. The van der Waals surface area contributed by atoms with Crippen molar-refractivity contribution in [1.29, 1.82) is 0 Å². The summed E-state index contributed by atoms with van der Waals surface area (Å²) in [6.07, 6.45) is 1.02. The lowest BCUT2D eigenvalue weighted by Crippen LogP contribution is -2.12. The normalized spacial score (nSPS) is 11.8. The molecule has 1 nitrogen and oxygen atoms in total. The van der Waals surface area contributed by atoms with Gasteiger partial charge in [0.25, 0.3) is 0 Å². The zero-order valence-electron chi connectivity index (χ0n) is 9.31. The first-order valence-corrected chi connectivity index (χ1v) is 4.91. The first-order valence-electron chi connectivity index (χ1n) is 4.91. The van der Waals surface area contributed by atoms with Crippen LogP contribution in [0.15, 0.2) is 12.1 Å². The largest absolute Gasteiger partial charge is 0.258 e. The molecule has 0 aliphatic rings. The van der Waals surface area contributed by atoms with Crippen LogP contribution in [0.5, 0.6) is 0 Å². The molecule has 0 amide bonds. The zero-order chi connectivity index (χ0) is 10.1. The topological polar surface area (TPSA) is 12.9 Å². The van der Waals surface area contributed by atoms with E-state index in [0.717, 1.165) is 12.1 Å². The summed E-state index contributed by atoms with van der Waals surface area (Å²) in [5, 5.41) is 0. The molecule has 0 aliphatic carbocycles. The van der Waals surface area contributed by atoms with Crippen molar-refractivity contribution in [2.24, 2.45) is 0 Å². The minimum atomic E-state index is 0.234. The molecule has 1 heteroatoms. The van der Waals surface area contributed by atoms with Gasteiger partial charge in [-0.25, -0.2) is 0 Å². The summed E-state index contributed by atoms with van der Waals surface area (Å²) in [6, 6.07) is 4.39. The summed E-state index contributed by atoms with van der Waals surface area (Å²) in [4.78, 5) is 4.47. The van der Waals surface area contributed by atoms with Crippen molar-refractivity contribution in [3.63, 3.8) is 0 Å². The molecule has 0 fully saturated rings. The lowest BCUT2D eigenvalue weighted by molar-refractivity contribution is 0.587. The number of aryl methyl sites for hydroxylation is 2. The van der Waals surface area contributed by atoms with Gasteiger partial charge in [-0.15, -0.1) is 0 Å². The molecule has 0 saturated carbocycles. The van der Waals surface area contributed by atoms with Crippen LogP contribution < -0.4 is 0 Å². The van der Waals surface area contributed by atoms with Crippen LogP contribution in [-0.2, 0) is 11.8 Å². The number of nitrogens with zero attached hydrogens (tertiary/aromatic N) is 1. The van der Waals surface area contributed by atoms with E-state index in [1.807, 2.05) is 0 Å². The van der Waals surface area contributed by atoms with E-state index in [-0.39, 0.29) is 5.41 Å². The fourth-order valence-corrected chi connectivity index (χ4v) is 1.35. The predicted octanol–water partition coefficient (Wildman–Crippen LogP) is 3.25. The highest BCUT2D eigenvalue weighted by Crippen LogP contribution is 2.23. The van der Waals surface area contributed by atoms with E-state index in [2.05, 4.69) is 51.7 Å². The Morgan fingerprint density at radius 3 is 2.31 bits per heavy atom. The molecule has 1 aromatic rings. The van der Waals surface area contributed by atoms with Gasteiger partial charge in [0.1, 0.15) is 0 Å². The van der Waals surface area contributed by atoms with Gasteiger partial charge in [-0.2, -0.15) is 0 Å². The van der Waals surface area contributed by atoms with Gasteiger partial charge in [0.05, 0.1) is 0 Å². The molecule has 0 saturated heterocycles. The highest BCUT2D eigenvalue weighted by Gasteiger charge is 2.14. The molecule has 0 N–H and O–H groups in total. The Bertz CT molecular complexity index is 294. The second kappa shape index (κ2) is 3.49. The molecule has 0 unspecified atom stereocenters. The van der Waals surface area contributed by atoms with E-state index in [1.165, 1.54) is 11.3 Å². The first kappa shape index (κ1) is 10.2. The van der Waals surface area contributed by atoms with Crippen molar-refractivity contribution in [3.8, 4) is 0 Å². The van der Waals surface area contributed by atoms with Crippen LogP contribution in [0.25, 0.3) is 0 Å². The highest BCUT2D eigenvalue weighted by molar-refractivity contribution is 5.26. The van der Waals surface area contributed by atoms with E-state index in [1.54, 1.807) is 0 Å². The molecule has 0 radical (unpaired) electrons. The Kier molecular flexibility index (Phi) is 2.74. The van der Waals surface area contributed by atoms with Crippen molar-refractivity contribution < 1.29 is 0 Å². The van der Waals surface area contributed by atoms with Gasteiger partial charge in [-0.05, 0) is 36.5 Å². The van der Waals surface area contributed by atoms with E-state index < -0.39 is 0 Å². The molecule has 0 bridgehead atoms. The van der Waals surface area contributed by atoms with Gasteiger partial charge < -0.3 is 0 Å². The average Bonchev–Trinajstić information content (AvgIpc) is 2.01. The average molecular weight is 177 g/mol. The maximum atomic E-state index is 4.47. The lowest BCUT2D eigenvalue weighted by Gasteiger charge is -2.20. The molecule has 13 heavy (non-hydrogen) atoms. The van der Waals surface area contributed by atoms with Gasteiger partial charge in [0.2, 0.25) is 0 Å². The third kappa shape index (κ3) is 2.55. The van der Waals surface area contributed by atoms with Crippen molar-refractivity contribution in [1.82, 2.24) is 4.98 Å². The van der Waals surface area contributed by atoms with Gasteiger partial charge in [0.15, 0.2) is 0 Å². The van der Waals surface area contributed by atoms with Crippen LogP contribution in [0.3, 0.4) is 0 Å². The van der Waals surface area contributed by atoms with Gasteiger partial charge in [-0.3, -0.25) is 4.98 Å².